The highest BCUT2D eigenvalue weighted by atomic mass is 79.9. The maximum absolute atomic E-state index is 12.4. The smallest absolute Gasteiger partial charge is 0.324 e. The predicted molar refractivity (Wildman–Crippen MR) is 92.5 cm³/mol. The summed E-state index contributed by atoms with van der Waals surface area (Å²) in [5.41, 5.74) is 6.23. The highest BCUT2D eigenvalue weighted by molar-refractivity contribution is 9.10. The summed E-state index contributed by atoms with van der Waals surface area (Å²) in [6, 6.07) is 8.84. The molecular formula is C16H15BrN2O4S. The third kappa shape index (κ3) is 3.74. The van der Waals surface area contributed by atoms with Crippen LogP contribution in [0.2, 0.25) is 0 Å². The SMILES string of the molecule is CC1(C)OC(=O)C([C@@H](c2ccc(Br)cc2)[C@@H](C#N)C(N)=S)C(=O)O1. The molecule has 1 aromatic carbocycles. The number of benzene rings is 1. The van der Waals surface area contributed by atoms with E-state index in [4.69, 9.17) is 27.4 Å². The molecule has 2 N–H and O–H groups in total. The number of cyclic esters (lactones) is 2. The standard InChI is InChI=1S/C16H15BrN2O4S/c1-16(2)22-14(20)12(15(21)23-16)11(10(7-18)13(19)24)8-3-5-9(17)6-4-8/h3-6,10-12H,1-2H3,(H2,19,24)/t10-,11+/m1/s1. The fraction of sp³-hybridized carbons (Fsp3) is 0.375. The second-order valence-corrected chi connectivity index (χ2v) is 7.19. The summed E-state index contributed by atoms with van der Waals surface area (Å²) in [7, 11) is 0. The van der Waals surface area contributed by atoms with Crippen molar-refractivity contribution in [2.75, 3.05) is 0 Å². The number of hydrogen-bond donors (Lipinski definition) is 1. The first-order valence-electron chi connectivity index (χ1n) is 7.06. The molecule has 0 amide bonds. The number of nitrogens with two attached hydrogens (primary N) is 1. The number of ether oxygens (including phenoxy) is 2. The molecule has 0 unspecified atom stereocenters. The number of hydrogen-bond acceptors (Lipinski definition) is 6. The molecule has 0 radical (unpaired) electrons. The topological polar surface area (TPSA) is 102 Å². The lowest BCUT2D eigenvalue weighted by molar-refractivity contribution is -0.241. The molecule has 1 heterocycles. The first-order chi connectivity index (χ1) is 11.2. The minimum atomic E-state index is -1.35. The Hall–Kier alpha value is -1.98. The highest BCUT2D eigenvalue weighted by Gasteiger charge is 2.50. The van der Waals surface area contributed by atoms with Crippen molar-refractivity contribution in [3.8, 4) is 6.07 Å². The average Bonchev–Trinajstić information content (AvgIpc) is 2.45. The largest absolute Gasteiger partial charge is 0.422 e. The zero-order valence-corrected chi connectivity index (χ0v) is 15.4. The molecule has 0 aliphatic carbocycles. The van der Waals surface area contributed by atoms with Crippen LogP contribution in [-0.4, -0.2) is 22.7 Å². The van der Waals surface area contributed by atoms with E-state index < -0.39 is 35.5 Å². The Morgan fingerprint density at radius 1 is 1.29 bits per heavy atom. The van der Waals surface area contributed by atoms with E-state index in [1.807, 2.05) is 6.07 Å². The van der Waals surface area contributed by atoms with Gasteiger partial charge in [-0.2, -0.15) is 5.26 Å². The molecule has 1 aliphatic rings. The van der Waals surface area contributed by atoms with Gasteiger partial charge < -0.3 is 15.2 Å². The Labute approximate surface area is 153 Å². The summed E-state index contributed by atoms with van der Waals surface area (Å²) in [5, 5.41) is 9.46. The van der Waals surface area contributed by atoms with Gasteiger partial charge in [0.25, 0.3) is 5.79 Å². The van der Waals surface area contributed by atoms with Crippen molar-refractivity contribution >= 4 is 45.1 Å². The maximum Gasteiger partial charge on any atom is 0.324 e. The van der Waals surface area contributed by atoms with Crippen LogP contribution in [0.25, 0.3) is 0 Å². The fourth-order valence-electron chi connectivity index (χ4n) is 2.60. The lowest BCUT2D eigenvalue weighted by atomic mass is 9.76. The van der Waals surface area contributed by atoms with Crippen molar-refractivity contribution in [2.24, 2.45) is 17.6 Å². The van der Waals surface area contributed by atoms with Crippen LogP contribution in [-0.2, 0) is 19.1 Å². The summed E-state index contributed by atoms with van der Waals surface area (Å²) in [5.74, 6) is -6.10. The molecule has 8 heteroatoms. The lowest BCUT2D eigenvalue weighted by Crippen LogP contribution is -2.50. The molecule has 0 spiro atoms. The minimum absolute atomic E-state index is 0.101. The van der Waals surface area contributed by atoms with Crippen molar-refractivity contribution in [2.45, 2.75) is 25.6 Å². The zero-order chi connectivity index (χ0) is 18.1. The van der Waals surface area contributed by atoms with Crippen LogP contribution >= 0.6 is 28.1 Å². The summed E-state index contributed by atoms with van der Waals surface area (Å²) >= 11 is 8.27. The number of thiocarbonyl (C=S) groups is 1. The molecule has 6 nitrogen and oxygen atoms in total. The van der Waals surface area contributed by atoms with E-state index >= 15 is 0 Å². The number of carbonyl (C=O) groups is 2. The molecule has 1 aromatic rings. The second-order valence-electron chi connectivity index (χ2n) is 5.81. The minimum Gasteiger partial charge on any atom is -0.422 e. The van der Waals surface area contributed by atoms with Crippen LogP contribution in [0, 0.1) is 23.2 Å². The maximum atomic E-state index is 12.4. The molecule has 24 heavy (non-hydrogen) atoms. The molecule has 1 fully saturated rings. The van der Waals surface area contributed by atoms with Gasteiger partial charge in [0.05, 0.1) is 11.1 Å². The van der Waals surface area contributed by atoms with Gasteiger partial charge >= 0.3 is 11.9 Å². The monoisotopic (exact) mass is 410 g/mol. The molecule has 2 atom stereocenters. The quantitative estimate of drug-likeness (QED) is 0.461. The van der Waals surface area contributed by atoms with Gasteiger partial charge in [-0.1, -0.05) is 40.3 Å². The molecule has 1 saturated heterocycles. The van der Waals surface area contributed by atoms with E-state index in [1.165, 1.54) is 13.8 Å². The number of rotatable bonds is 4. The third-order valence-corrected chi connectivity index (χ3v) is 4.40. The molecular weight excluding hydrogens is 396 g/mol. The first kappa shape index (κ1) is 18.4. The van der Waals surface area contributed by atoms with Crippen LogP contribution in [0.4, 0.5) is 0 Å². The summed E-state index contributed by atoms with van der Waals surface area (Å²) in [6.45, 7) is 2.92. The Kier molecular flexibility index (Phi) is 5.26. The number of halogens is 1. The summed E-state index contributed by atoms with van der Waals surface area (Å²) < 4.78 is 11.2. The van der Waals surface area contributed by atoms with E-state index in [1.54, 1.807) is 24.3 Å². The van der Waals surface area contributed by atoms with E-state index in [0.29, 0.717) is 5.56 Å². The third-order valence-electron chi connectivity index (χ3n) is 3.62. The fourth-order valence-corrected chi connectivity index (χ4v) is 3.07. The lowest BCUT2D eigenvalue weighted by Gasteiger charge is -2.37. The van der Waals surface area contributed by atoms with E-state index in [9.17, 15) is 14.9 Å². The van der Waals surface area contributed by atoms with Gasteiger partial charge in [0, 0.05) is 24.2 Å². The van der Waals surface area contributed by atoms with Gasteiger partial charge in [-0.25, -0.2) is 0 Å². The van der Waals surface area contributed by atoms with Crippen molar-refractivity contribution in [1.82, 2.24) is 0 Å². The number of carbonyl (C=O) groups excluding carboxylic acids is 2. The molecule has 0 bridgehead atoms. The molecule has 0 aromatic heterocycles. The van der Waals surface area contributed by atoms with Gasteiger partial charge in [0.1, 0.15) is 5.92 Å². The van der Waals surface area contributed by atoms with E-state index in [-0.39, 0.29) is 4.99 Å². The molecule has 2 rings (SSSR count). The Balaban J connectivity index is 2.52. The van der Waals surface area contributed by atoms with Gasteiger partial charge in [-0.3, -0.25) is 9.59 Å². The van der Waals surface area contributed by atoms with Crippen LogP contribution < -0.4 is 5.73 Å². The van der Waals surface area contributed by atoms with Gasteiger partial charge in [-0.15, -0.1) is 0 Å². The average molecular weight is 411 g/mol. The second kappa shape index (κ2) is 6.87. The van der Waals surface area contributed by atoms with Gasteiger partial charge in [-0.05, 0) is 17.7 Å². The van der Waals surface area contributed by atoms with Crippen molar-refractivity contribution < 1.29 is 19.1 Å². The van der Waals surface area contributed by atoms with Crippen LogP contribution in [0.5, 0.6) is 0 Å². The normalized spacial score (nSPS) is 19.6. The van der Waals surface area contributed by atoms with E-state index in [2.05, 4.69) is 15.9 Å². The van der Waals surface area contributed by atoms with Crippen LogP contribution in [0.1, 0.15) is 25.3 Å². The number of esters is 2. The van der Waals surface area contributed by atoms with Crippen molar-refractivity contribution in [3.63, 3.8) is 0 Å². The Morgan fingerprint density at radius 2 is 1.79 bits per heavy atom. The van der Waals surface area contributed by atoms with Crippen molar-refractivity contribution in [1.29, 1.82) is 5.26 Å². The number of nitrogens with zero attached hydrogens (tertiary/aromatic N) is 1. The highest BCUT2D eigenvalue weighted by Crippen LogP contribution is 2.38. The van der Waals surface area contributed by atoms with Crippen molar-refractivity contribution in [3.05, 3.63) is 34.3 Å². The first-order valence-corrected chi connectivity index (χ1v) is 8.26. The van der Waals surface area contributed by atoms with Crippen LogP contribution in [0.3, 0.4) is 0 Å². The molecule has 0 saturated carbocycles. The Bertz CT molecular complexity index is 707. The van der Waals surface area contributed by atoms with Gasteiger partial charge in [0.2, 0.25) is 0 Å². The summed E-state index contributed by atoms with van der Waals surface area (Å²) in [4.78, 5) is 24.7. The molecule has 1 aliphatic heterocycles. The van der Waals surface area contributed by atoms with E-state index in [0.717, 1.165) is 4.47 Å². The number of nitriles is 1. The zero-order valence-electron chi connectivity index (χ0n) is 13.0. The summed E-state index contributed by atoms with van der Waals surface area (Å²) in [6.07, 6.45) is 0. The van der Waals surface area contributed by atoms with Gasteiger partial charge in [0.15, 0.2) is 5.92 Å². The van der Waals surface area contributed by atoms with Crippen LogP contribution in [0.15, 0.2) is 28.7 Å². The predicted octanol–water partition coefficient (Wildman–Crippen LogP) is 2.41. The molecule has 126 valence electrons. The Morgan fingerprint density at radius 3 is 2.21 bits per heavy atom.